The second-order valence-corrected chi connectivity index (χ2v) is 9.64. The van der Waals surface area contributed by atoms with Crippen LogP contribution in [0, 0.1) is 0 Å². The SMILES string of the molecule is C[C@H]1CC(NCc2ccc(Br)s2)c2ccsc2S1. The fourth-order valence-electron chi connectivity index (χ4n) is 2.21. The molecule has 0 saturated carbocycles. The van der Waals surface area contributed by atoms with Gasteiger partial charge in [-0.15, -0.1) is 34.4 Å². The van der Waals surface area contributed by atoms with Crippen molar-refractivity contribution >= 4 is 50.4 Å². The zero-order valence-corrected chi connectivity index (χ0v) is 14.0. The van der Waals surface area contributed by atoms with E-state index in [9.17, 15) is 0 Å². The number of hydrogen-bond donors (Lipinski definition) is 1. The Morgan fingerprint density at radius 3 is 3.06 bits per heavy atom. The zero-order chi connectivity index (χ0) is 12.5. The molecule has 3 heterocycles. The lowest BCUT2D eigenvalue weighted by Crippen LogP contribution is -2.25. The molecule has 2 atom stereocenters. The van der Waals surface area contributed by atoms with Crippen LogP contribution in [0.15, 0.2) is 31.6 Å². The summed E-state index contributed by atoms with van der Waals surface area (Å²) in [5, 5.41) is 6.63. The molecular weight excluding hydrogens is 346 g/mol. The molecule has 18 heavy (non-hydrogen) atoms. The molecule has 0 aliphatic carbocycles. The van der Waals surface area contributed by atoms with Gasteiger partial charge in [0.05, 0.1) is 8.00 Å². The molecule has 0 fully saturated rings. The first-order valence-corrected chi connectivity index (χ1v) is 9.31. The van der Waals surface area contributed by atoms with E-state index in [4.69, 9.17) is 0 Å². The van der Waals surface area contributed by atoms with E-state index in [1.165, 1.54) is 24.9 Å². The molecule has 2 aromatic rings. The first-order valence-electron chi connectivity index (χ1n) is 5.94. The summed E-state index contributed by atoms with van der Waals surface area (Å²) in [5.41, 5.74) is 1.50. The van der Waals surface area contributed by atoms with E-state index in [2.05, 4.69) is 51.7 Å². The van der Waals surface area contributed by atoms with Crippen LogP contribution in [-0.2, 0) is 6.54 Å². The third-order valence-electron chi connectivity index (χ3n) is 3.06. The van der Waals surface area contributed by atoms with E-state index in [-0.39, 0.29) is 0 Å². The van der Waals surface area contributed by atoms with Crippen LogP contribution in [0.25, 0.3) is 0 Å². The van der Waals surface area contributed by atoms with Gasteiger partial charge in [0.2, 0.25) is 0 Å². The Morgan fingerprint density at radius 2 is 2.28 bits per heavy atom. The summed E-state index contributed by atoms with van der Waals surface area (Å²) < 4.78 is 2.71. The van der Waals surface area contributed by atoms with Gasteiger partial charge in [-0.3, -0.25) is 0 Å². The van der Waals surface area contributed by atoms with Gasteiger partial charge in [-0.25, -0.2) is 0 Å². The molecule has 96 valence electrons. The topological polar surface area (TPSA) is 12.0 Å². The fourth-order valence-corrected chi connectivity index (χ4v) is 6.21. The summed E-state index contributed by atoms with van der Waals surface area (Å²) in [4.78, 5) is 1.39. The average molecular weight is 360 g/mol. The average Bonchev–Trinajstić information content (AvgIpc) is 2.94. The predicted octanol–water partition coefficient (Wildman–Crippen LogP) is 5.29. The number of thiophene rings is 2. The lowest BCUT2D eigenvalue weighted by molar-refractivity contribution is 0.490. The highest BCUT2D eigenvalue weighted by atomic mass is 79.9. The molecule has 1 aliphatic heterocycles. The summed E-state index contributed by atoms with van der Waals surface area (Å²) in [6.45, 7) is 3.29. The highest BCUT2D eigenvalue weighted by Crippen LogP contribution is 2.43. The van der Waals surface area contributed by atoms with E-state index in [1.807, 2.05) is 34.4 Å². The Hall–Kier alpha value is 0.190. The van der Waals surface area contributed by atoms with Crippen molar-refractivity contribution < 1.29 is 0 Å². The number of halogens is 1. The molecular formula is C13H14BrNS3. The normalized spacial score (nSPS) is 23.0. The summed E-state index contributed by atoms with van der Waals surface area (Å²) in [6, 6.07) is 7.11. The first kappa shape index (κ1) is 13.2. The second kappa shape index (κ2) is 5.67. The number of rotatable bonds is 3. The quantitative estimate of drug-likeness (QED) is 0.798. The van der Waals surface area contributed by atoms with Crippen molar-refractivity contribution in [3.05, 3.63) is 37.8 Å². The minimum Gasteiger partial charge on any atom is -0.305 e. The van der Waals surface area contributed by atoms with E-state index < -0.39 is 0 Å². The van der Waals surface area contributed by atoms with Crippen LogP contribution in [0.3, 0.4) is 0 Å². The molecule has 0 spiro atoms. The molecule has 2 aromatic heterocycles. The van der Waals surface area contributed by atoms with Crippen LogP contribution in [0.2, 0.25) is 0 Å². The number of thioether (sulfide) groups is 1. The number of hydrogen-bond acceptors (Lipinski definition) is 4. The summed E-state index contributed by atoms with van der Waals surface area (Å²) in [6.07, 6.45) is 1.22. The van der Waals surface area contributed by atoms with Crippen molar-refractivity contribution in [3.63, 3.8) is 0 Å². The van der Waals surface area contributed by atoms with Gasteiger partial charge in [0.15, 0.2) is 0 Å². The molecule has 5 heteroatoms. The van der Waals surface area contributed by atoms with Gasteiger partial charge in [-0.05, 0) is 51.5 Å². The first-order chi connectivity index (χ1) is 8.72. The van der Waals surface area contributed by atoms with Crippen molar-refractivity contribution in [1.29, 1.82) is 0 Å². The van der Waals surface area contributed by atoms with Gasteiger partial charge < -0.3 is 5.32 Å². The van der Waals surface area contributed by atoms with E-state index in [0.717, 1.165) is 6.54 Å². The molecule has 1 nitrogen and oxygen atoms in total. The Bertz CT molecular complexity index is 534. The van der Waals surface area contributed by atoms with Gasteiger partial charge in [0, 0.05) is 22.7 Å². The Labute approximate surface area is 128 Å². The van der Waals surface area contributed by atoms with Crippen LogP contribution in [0.1, 0.15) is 29.8 Å². The van der Waals surface area contributed by atoms with Gasteiger partial charge in [0.25, 0.3) is 0 Å². The Balaban J connectivity index is 1.70. The summed E-state index contributed by atoms with van der Waals surface area (Å²) >= 11 is 9.23. The summed E-state index contributed by atoms with van der Waals surface area (Å²) in [7, 11) is 0. The van der Waals surface area contributed by atoms with Crippen LogP contribution in [0.5, 0.6) is 0 Å². The lowest BCUT2D eigenvalue weighted by Gasteiger charge is -2.27. The maximum atomic E-state index is 3.71. The molecule has 1 N–H and O–H groups in total. The van der Waals surface area contributed by atoms with Crippen molar-refractivity contribution in [2.45, 2.75) is 35.4 Å². The smallest absolute Gasteiger partial charge is 0.0701 e. The van der Waals surface area contributed by atoms with Gasteiger partial charge in [-0.2, -0.15) is 0 Å². The summed E-state index contributed by atoms with van der Waals surface area (Å²) in [5.74, 6) is 0. The van der Waals surface area contributed by atoms with Crippen molar-refractivity contribution in [3.8, 4) is 0 Å². The molecule has 1 aliphatic rings. The van der Waals surface area contributed by atoms with Crippen LogP contribution < -0.4 is 5.32 Å². The van der Waals surface area contributed by atoms with E-state index in [1.54, 1.807) is 0 Å². The van der Waals surface area contributed by atoms with E-state index >= 15 is 0 Å². The third kappa shape index (κ3) is 2.85. The van der Waals surface area contributed by atoms with Gasteiger partial charge >= 0.3 is 0 Å². The molecule has 0 saturated heterocycles. The van der Waals surface area contributed by atoms with Crippen LogP contribution in [-0.4, -0.2) is 5.25 Å². The fraction of sp³-hybridized carbons (Fsp3) is 0.385. The number of fused-ring (bicyclic) bond motifs is 1. The largest absolute Gasteiger partial charge is 0.305 e. The van der Waals surface area contributed by atoms with E-state index in [0.29, 0.717) is 11.3 Å². The van der Waals surface area contributed by atoms with Gasteiger partial charge in [-0.1, -0.05) is 6.92 Å². The van der Waals surface area contributed by atoms with Crippen LogP contribution in [0.4, 0.5) is 0 Å². The lowest BCUT2D eigenvalue weighted by atomic mass is 10.0. The maximum absolute atomic E-state index is 3.71. The van der Waals surface area contributed by atoms with Crippen molar-refractivity contribution in [1.82, 2.24) is 5.32 Å². The minimum atomic E-state index is 0.517. The molecule has 0 radical (unpaired) electrons. The molecule has 0 bridgehead atoms. The molecule has 0 amide bonds. The van der Waals surface area contributed by atoms with Crippen molar-refractivity contribution in [2.75, 3.05) is 0 Å². The molecule has 0 aromatic carbocycles. The highest BCUT2D eigenvalue weighted by molar-refractivity contribution is 9.11. The number of nitrogens with one attached hydrogen (secondary N) is 1. The standard InChI is InChI=1S/C13H14BrNS3/c1-8-6-11(10-4-5-16-13(10)17-8)15-7-9-2-3-12(14)18-9/h2-5,8,11,15H,6-7H2,1H3/t8-,11?/m0/s1. The Morgan fingerprint density at radius 1 is 1.39 bits per heavy atom. The maximum Gasteiger partial charge on any atom is 0.0701 e. The molecule has 1 unspecified atom stereocenters. The Kier molecular flexibility index (Phi) is 4.15. The van der Waals surface area contributed by atoms with Gasteiger partial charge in [0.1, 0.15) is 0 Å². The predicted molar refractivity (Wildman–Crippen MR) is 85.9 cm³/mol. The second-order valence-electron chi connectivity index (χ2n) is 4.47. The van der Waals surface area contributed by atoms with Crippen molar-refractivity contribution in [2.24, 2.45) is 0 Å². The highest BCUT2D eigenvalue weighted by Gasteiger charge is 2.25. The third-order valence-corrected chi connectivity index (χ3v) is 7.03. The zero-order valence-electron chi connectivity index (χ0n) is 9.98. The van der Waals surface area contributed by atoms with Crippen LogP contribution >= 0.6 is 50.4 Å². The minimum absolute atomic E-state index is 0.517. The monoisotopic (exact) mass is 359 g/mol. The molecule has 3 rings (SSSR count).